The molecule has 3 heterocycles. The van der Waals surface area contributed by atoms with E-state index in [0.29, 0.717) is 22.2 Å². The molecule has 30 heavy (non-hydrogen) atoms. The van der Waals surface area contributed by atoms with E-state index in [4.69, 9.17) is 23.1 Å². The van der Waals surface area contributed by atoms with Gasteiger partial charge in [0.05, 0.1) is 11.0 Å². The number of rotatable bonds is 9. The number of tetrazole rings is 1. The van der Waals surface area contributed by atoms with Crippen molar-refractivity contribution in [3.8, 4) is 0 Å². The van der Waals surface area contributed by atoms with E-state index < -0.39 is 35.3 Å². The molecule has 1 fully saturated rings. The van der Waals surface area contributed by atoms with Gasteiger partial charge in [-0.2, -0.15) is 0 Å². The summed E-state index contributed by atoms with van der Waals surface area (Å²) in [6.45, 7) is 0. The lowest BCUT2D eigenvalue weighted by Gasteiger charge is -2.50. The van der Waals surface area contributed by atoms with Gasteiger partial charge in [0.1, 0.15) is 17.1 Å². The van der Waals surface area contributed by atoms with Crippen molar-refractivity contribution in [3.63, 3.8) is 0 Å². The molecule has 1 amide bonds. The van der Waals surface area contributed by atoms with Crippen molar-refractivity contribution in [1.29, 1.82) is 0 Å². The van der Waals surface area contributed by atoms with E-state index in [0.717, 1.165) is 0 Å². The molecule has 0 aromatic carbocycles. The van der Waals surface area contributed by atoms with E-state index in [2.05, 4.69) is 20.8 Å². The first-order chi connectivity index (χ1) is 14.2. The molecule has 0 aliphatic carbocycles. The van der Waals surface area contributed by atoms with Crippen LogP contribution in [-0.4, -0.2) is 87.1 Å². The molecular weight excluding hydrogens is 454 g/mol. The summed E-state index contributed by atoms with van der Waals surface area (Å²) >= 11 is 7.90. The number of carboxylic acids is 2. The second kappa shape index (κ2) is 9.28. The number of aryl methyl sites for hydroxylation is 1. The molecule has 1 aromatic heterocycles. The zero-order valence-electron chi connectivity index (χ0n) is 15.7. The molecule has 2 aliphatic heterocycles. The van der Waals surface area contributed by atoms with Gasteiger partial charge in [0.15, 0.2) is 0 Å². The Kier molecular flexibility index (Phi) is 6.95. The fourth-order valence-corrected chi connectivity index (χ4v) is 5.54. The second-order valence-corrected chi connectivity index (χ2v) is 9.05. The molecule has 0 bridgehead atoms. The van der Waals surface area contributed by atoms with E-state index in [-0.39, 0.29) is 23.5 Å². The monoisotopic (exact) mass is 473 g/mol. The third-order valence-electron chi connectivity index (χ3n) is 4.51. The van der Waals surface area contributed by atoms with Crippen molar-refractivity contribution in [2.24, 2.45) is 12.8 Å². The maximum absolute atomic E-state index is 12.7. The Hall–Kier alpha value is -2.23. The minimum atomic E-state index is -1.18. The molecule has 3 atom stereocenters. The van der Waals surface area contributed by atoms with Crippen LogP contribution in [0.1, 0.15) is 12.8 Å². The van der Waals surface area contributed by atoms with E-state index in [1.165, 1.54) is 33.1 Å². The number of amides is 1. The molecule has 0 radical (unpaired) electrons. The smallest absolute Gasteiger partial charge is 0.352 e. The number of hydrogen-bond acceptors (Lipinski definition) is 10. The van der Waals surface area contributed by atoms with Crippen LogP contribution in [0.25, 0.3) is 0 Å². The Bertz CT molecular complexity index is 920. The maximum atomic E-state index is 12.7. The van der Waals surface area contributed by atoms with Crippen LogP contribution in [0.3, 0.4) is 0 Å². The molecule has 1 unspecified atom stereocenters. The number of thiocarbonyl (C=S) groups is 1. The number of carbonyl (C=O) groups is 3. The van der Waals surface area contributed by atoms with Crippen LogP contribution in [0.2, 0.25) is 0 Å². The molecule has 12 nitrogen and oxygen atoms in total. The van der Waals surface area contributed by atoms with Gasteiger partial charge in [-0.3, -0.25) is 14.5 Å². The Morgan fingerprint density at radius 2 is 2.20 bits per heavy atom. The van der Waals surface area contributed by atoms with E-state index in [1.54, 1.807) is 7.05 Å². The third-order valence-corrected chi connectivity index (χ3v) is 7.37. The standard InChI is InChI=1S/C15H19N7O5S3/c1-21-15(18-19-20-21)30-5-6-4-29-13-9(12(25)22(13)10(6)14(26)27)17-11(28)7(16)2-3-8(23)24/h7,9,13H,2-5,16H2,1H3,(H,17,28)(H,23,24)(H,26,27)/t7-,9?,13+/m1/s1. The van der Waals surface area contributed by atoms with Crippen molar-refractivity contribution in [2.45, 2.75) is 35.5 Å². The van der Waals surface area contributed by atoms with Gasteiger partial charge in [-0.15, -0.1) is 16.9 Å². The topological polar surface area (TPSA) is 177 Å². The number of aliphatic carboxylic acids is 2. The predicted octanol–water partition coefficient (Wildman–Crippen LogP) is -0.966. The van der Waals surface area contributed by atoms with Crippen LogP contribution in [0.15, 0.2) is 16.4 Å². The average molecular weight is 474 g/mol. The number of nitrogens with two attached hydrogens (primary N) is 1. The minimum absolute atomic E-state index is 0.0366. The van der Waals surface area contributed by atoms with Crippen LogP contribution < -0.4 is 11.1 Å². The summed E-state index contributed by atoms with van der Waals surface area (Å²) < 4.78 is 1.48. The number of nitrogens with zero attached hydrogens (tertiary/aromatic N) is 5. The third kappa shape index (κ3) is 4.58. The average Bonchev–Trinajstić information content (AvgIpc) is 3.11. The quantitative estimate of drug-likeness (QED) is 0.196. The Balaban J connectivity index is 1.67. The lowest BCUT2D eigenvalue weighted by atomic mass is 10.0. The molecule has 1 saturated heterocycles. The first-order valence-corrected chi connectivity index (χ1v) is 11.2. The van der Waals surface area contributed by atoms with Crippen LogP contribution in [-0.2, 0) is 21.4 Å². The van der Waals surface area contributed by atoms with Crippen molar-refractivity contribution < 1.29 is 24.6 Å². The highest BCUT2D eigenvalue weighted by atomic mass is 32.2. The van der Waals surface area contributed by atoms with Crippen LogP contribution in [0, 0.1) is 0 Å². The molecule has 15 heteroatoms. The normalized spacial score (nSPS) is 21.7. The zero-order valence-corrected chi connectivity index (χ0v) is 18.2. The fourth-order valence-electron chi connectivity index (χ4n) is 2.96. The molecule has 2 aliphatic rings. The van der Waals surface area contributed by atoms with Gasteiger partial charge in [-0.05, 0) is 22.4 Å². The first kappa shape index (κ1) is 22.5. The summed E-state index contributed by atoms with van der Waals surface area (Å²) in [5.74, 6) is -1.83. The summed E-state index contributed by atoms with van der Waals surface area (Å²) in [4.78, 5) is 36.7. The highest BCUT2D eigenvalue weighted by molar-refractivity contribution is 8.01. The van der Waals surface area contributed by atoms with Crippen molar-refractivity contribution in [2.75, 3.05) is 11.5 Å². The van der Waals surface area contributed by atoms with Crippen LogP contribution in [0.5, 0.6) is 0 Å². The van der Waals surface area contributed by atoms with E-state index >= 15 is 0 Å². The van der Waals surface area contributed by atoms with Gasteiger partial charge in [0, 0.05) is 25.0 Å². The lowest BCUT2D eigenvalue weighted by Crippen LogP contribution is -2.71. The predicted molar refractivity (Wildman–Crippen MR) is 112 cm³/mol. The van der Waals surface area contributed by atoms with Gasteiger partial charge >= 0.3 is 11.9 Å². The molecule has 3 rings (SSSR count). The van der Waals surface area contributed by atoms with Gasteiger partial charge in [-0.1, -0.05) is 24.0 Å². The van der Waals surface area contributed by atoms with Crippen molar-refractivity contribution in [1.82, 2.24) is 30.4 Å². The molecule has 0 saturated carbocycles. The maximum Gasteiger partial charge on any atom is 0.352 e. The van der Waals surface area contributed by atoms with Crippen LogP contribution >= 0.6 is 35.7 Å². The number of nitrogens with one attached hydrogen (secondary N) is 1. The molecule has 5 N–H and O–H groups in total. The lowest BCUT2D eigenvalue weighted by molar-refractivity contribution is -0.148. The number of hydrogen-bond donors (Lipinski definition) is 4. The number of carboxylic acid groups (broad SMARTS) is 2. The van der Waals surface area contributed by atoms with Gasteiger partial charge in [-0.25, -0.2) is 9.48 Å². The summed E-state index contributed by atoms with van der Waals surface area (Å²) in [6.07, 6.45) is 0.00201. The SMILES string of the molecule is Cn1nnnc1SCC1=C(C(=O)O)N2C(=O)C(NC(=S)[C@H](N)CCC(=O)O)[C@@H]2SC1. The largest absolute Gasteiger partial charge is 0.481 e. The number of thioether (sulfide) groups is 2. The number of aromatic nitrogens is 4. The summed E-state index contributed by atoms with van der Waals surface area (Å²) in [5.41, 5.74) is 6.44. The Morgan fingerprint density at radius 3 is 2.80 bits per heavy atom. The van der Waals surface area contributed by atoms with E-state index in [1.807, 2.05) is 0 Å². The van der Waals surface area contributed by atoms with Gasteiger partial charge in [0.2, 0.25) is 5.16 Å². The Morgan fingerprint density at radius 1 is 1.47 bits per heavy atom. The van der Waals surface area contributed by atoms with Crippen molar-refractivity contribution >= 4 is 58.6 Å². The Labute approximate surface area is 184 Å². The summed E-state index contributed by atoms with van der Waals surface area (Å²) in [7, 11) is 1.68. The van der Waals surface area contributed by atoms with Gasteiger partial charge < -0.3 is 21.3 Å². The molecule has 0 spiro atoms. The van der Waals surface area contributed by atoms with Crippen LogP contribution in [0.4, 0.5) is 0 Å². The molecule has 162 valence electrons. The van der Waals surface area contributed by atoms with Gasteiger partial charge in [0.25, 0.3) is 5.91 Å². The zero-order chi connectivity index (χ0) is 22.0. The van der Waals surface area contributed by atoms with E-state index in [9.17, 15) is 19.5 Å². The van der Waals surface area contributed by atoms with Crippen molar-refractivity contribution in [3.05, 3.63) is 11.3 Å². The first-order valence-electron chi connectivity index (χ1n) is 8.73. The minimum Gasteiger partial charge on any atom is -0.481 e. The number of β-lactam (4-membered cyclic amide) rings is 1. The second-order valence-electron chi connectivity index (χ2n) is 6.57. The number of carbonyl (C=O) groups excluding carboxylic acids is 1. The molecule has 1 aromatic rings. The highest BCUT2D eigenvalue weighted by Crippen LogP contribution is 2.41. The molecular formula is C15H19N7O5S3. The number of fused-ring (bicyclic) bond motifs is 1. The highest BCUT2D eigenvalue weighted by Gasteiger charge is 2.54. The summed E-state index contributed by atoms with van der Waals surface area (Å²) in [6, 6.07) is -1.40. The summed E-state index contributed by atoms with van der Waals surface area (Å²) in [5, 5.41) is 32.6. The fraction of sp³-hybridized carbons (Fsp3) is 0.533.